The topological polar surface area (TPSA) is 73.9 Å². The highest BCUT2D eigenvalue weighted by Crippen LogP contribution is 2.19. The Balaban J connectivity index is 1.30. The first-order chi connectivity index (χ1) is 16.1. The first-order valence-electron chi connectivity index (χ1n) is 11.9. The summed E-state index contributed by atoms with van der Waals surface area (Å²) in [5.41, 5.74) is 4.26. The van der Waals surface area contributed by atoms with E-state index in [1.807, 2.05) is 43.3 Å². The number of likely N-dealkylation sites (tertiary alicyclic amines) is 1. The Morgan fingerprint density at radius 1 is 1.03 bits per heavy atom. The lowest BCUT2D eigenvalue weighted by Crippen LogP contribution is -2.46. The van der Waals surface area contributed by atoms with Gasteiger partial charge in [0.15, 0.2) is 0 Å². The van der Waals surface area contributed by atoms with E-state index in [4.69, 9.17) is 4.74 Å². The molecule has 0 aliphatic carbocycles. The molecule has 1 unspecified atom stereocenters. The van der Waals surface area contributed by atoms with Gasteiger partial charge >= 0.3 is 6.03 Å². The van der Waals surface area contributed by atoms with Gasteiger partial charge in [0.2, 0.25) is 5.91 Å². The number of anilines is 1. The Morgan fingerprint density at radius 3 is 2.61 bits per heavy atom. The lowest BCUT2D eigenvalue weighted by Gasteiger charge is -2.32. The molecule has 3 amide bonds. The number of rotatable bonds is 6. The molecule has 2 heterocycles. The highest BCUT2D eigenvalue weighted by Gasteiger charge is 2.28. The Kier molecular flexibility index (Phi) is 7.96. The van der Waals surface area contributed by atoms with Gasteiger partial charge in [-0.2, -0.15) is 0 Å². The fraction of sp³-hybridized carbons (Fsp3) is 0.462. The molecule has 0 bridgehead atoms. The number of benzene rings is 2. The van der Waals surface area contributed by atoms with E-state index in [1.165, 1.54) is 5.56 Å². The van der Waals surface area contributed by atoms with Gasteiger partial charge in [0.05, 0.1) is 19.1 Å². The number of nitrogens with one attached hydrogen (secondary N) is 2. The second-order valence-electron chi connectivity index (χ2n) is 8.96. The summed E-state index contributed by atoms with van der Waals surface area (Å²) in [6.07, 6.45) is 1.63. The van der Waals surface area contributed by atoms with Gasteiger partial charge in [0.25, 0.3) is 0 Å². The van der Waals surface area contributed by atoms with Crippen LogP contribution in [0, 0.1) is 12.8 Å². The Labute approximate surface area is 196 Å². The van der Waals surface area contributed by atoms with Crippen molar-refractivity contribution in [1.29, 1.82) is 0 Å². The van der Waals surface area contributed by atoms with Crippen molar-refractivity contribution in [3.8, 4) is 0 Å². The molecule has 2 N–H and O–H groups in total. The van der Waals surface area contributed by atoms with Crippen LogP contribution in [0.2, 0.25) is 0 Å². The molecule has 33 heavy (non-hydrogen) atoms. The van der Waals surface area contributed by atoms with Crippen LogP contribution in [0.25, 0.3) is 0 Å². The fourth-order valence-electron chi connectivity index (χ4n) is 4.51. The summed E-state index contributed by atoms with van der Waals surface area (Å²) in [6.45, 7) is 7.89. The van der Waals surface area contributed by atoms with Gasteiger partial charge in [-0.3, -0.25) is 9.69 Å². The largest absolute Gasteiger partial charge is 0.379 e. The van der Waals surface area contributed by atoms with Crippen LogP contribution in [0.15, 0.2) is 48.5 Å². The first kappa shape index (κ1) is 23.3. The van der Waals surface area contributed by atoms with E-state index in [0.29, 0.717) is 19.6 Å². The number of piperidine rings is 1. The van der Waals surface area contributed by atoms with E-state index in [2.05, 4.69) is 27.7 Å². The van der Waals surface area contributed by atoms with Gasteiger partial charge in [0.1, 0.15) is 0 Å². The fourth-order valence-corrected chi connectivity index (χ4v) is 4.51. The number of ether oxygens (including phenoxy) is 1. The average Bonchev–Trinajstić information content (AvgIpc) is 2.84. The molecule has 0 saturated carbocycles. The van der Waals surface area contributed by atoms with Crippen LogP contribution in [0.4, 0.5) is 10.5 Å². The lowest BCUT2D eigenvalue weighted by atomic mass is 9.97. The second kappa shape index (κ2) is 11.3. The monoisotopic (exact) mass is 450 g/mol. The summed E-state index contributed by atoms with van der Waals surface area (Å²) in [4.78, 5) is 29.8. The van der Waals surface area contributed by atoms with Crippen LogP contribution in [-0.4, -0.2) is 61.1 Å². The summed E-state index contributed by atoms with van der Waals surface area (Å²) in [5, 5.41) is 6.08. The van der Waals surface area contributed by atoms with Crippen molar-refractivity contribution in [2.24, 2.45) is 5.92 Å². The smallest absolute Gasteiger partial charge is 0.321 e. The standard InChI is InChI=1S/C26H34N4O3/c1-20-6-4-10-24(16-20)28-26(32)30-11-5-9-23(19-30)25(31)27-17-21-7-2-3-8-22(21)18-29-12-14-33-15-13-29/h2-4,6-8,10,16,23H,5,9,11-15,17-19H2,1H3,(H,27,31)(H,28,32). The summed E-state index contributed by atoms with van der Waals surface area (Å²) in [5.74, 6) is -0.169. The Hall–Kier alpha value is -2.90. The molecule has 2 saturated heterocycles. The molecule has 7 heteroatoms. The molecule has 4 rings (SSSR count). The molecular weight excluding hydrogens is 416 g/mol. The van der Waals surface area contributed by atoms with Crippen molar-refractivity contribution in [3.63, 3.8) is 0 Å². The van der Waals surface area contributed by atoms with Crippen LogP contribution in [-0.2, 0) is 22.6 Å². The zero-order chi connectivity index (χ0) is 23.0. The molecule has 0 aromatic heterocycles. The first-order valence-corrected chi connectivity index (χ1v) is 11.9. The normalized spacial score (nSPS) is 19.2. The Morgan fingerprint density at radius 2 is 1.82 bits per heavy atom. The maximum Gasteiger partial charge on any atom is 0.321 e. The number of morpholine rings is 1. The number of carbonyl (C=O) groups excluding carboxylic acids is 2. The van der Waals surface area contributed by atoms with Gasteiger partial charge in [0, 0.05) is 45.0 Å². The SMILES string of the molecule is Cc1cccc(NC(=O)N2CCCC(C(=O)NCc3ccccc3CN3CCOCC3)C2)c1. The van der Waals surface area contributed by atoms with E-state index < -0.39 is 0 Å². The molecular formula is C26H34N4O3. The summed E-state index contributed by atoms with van der Waals surface area (Å²) >= 11 is 0. The highest BCUT2D eigenvalue weighted by molar-refractivity contribution is 5.90. The van der Waals surface area contributed by atoms with Crippen molar-refractivity contribution in [3.05, 3.63) is 65.2 Å². The van der Waals surface area contributed by atoms with E-state index in [0.717, 1.165) is 62.5 Å². The number of aryl methyl sites for hydroxylation is 1. The molecule has 7 nitrogen and oxygen atoms in total. The van der Waals surface area contributed by atoms with Crippen LogP contribution < -0.4 is 10.6 Å². The van der Waals surface area contributed by atoms with E-state index in [1.54, 1.807) is 4.90 Å². The summed E-state index contributed by atoms with van der Waals surface area (Å²) in [7, 11) is 0. The third kappa shape index (κ3) is 6.55. The predicted octanol–water partition coefficient (Wildman–Crippen LogP) is 3.39. The molecule has 0 spiro atoms. The molecule has 2 aromatic carbocycles. The van der Waals surface area contributed by atoms with E-state index in [9.17, 15) is 9.59 Å². The van der Waals surface area contributed by atoms with Crippen molar-refractivity contribution < 1.29 is 14.3 Å². The molecule has 176 valence electrons. The lowest BCUT2D eigenvalue weighted by molar-refractivity contribution is -0.126. The number of amides is 3. The number of hydrogen-bond donors (Lipinski definition) is 2. The zero-order valence-corrected chi connectivity index (χ0v) is 19.4. The Bertz CT molecular complexity index is 958. The molecule has 1 atom stereocenters. The average molecular weight is 451 g/mol. The number of carbonyl (C=O) groups is 2. The molecule has 2 aliphatic rings. The van der Waals surface area contributed by atoms with Crippen molar-refractivity contribution in [2.75, 3.05) is 44.7 Å². The van der Waals surface area contributed by atoms with Crippen molar-refractivity contribution >= 4 is 17.6 Å². The maximum absolute atomic E-state index is 12.9. The number of nitrogens with zero attached hydrogens (tertiary/aromatic N) is 2. The van der Waals surface area contributed by atoms with E-state index >= 15 is 0 Å². The molecule has 2 aromatic rings. The maximum atomic E-state index is 12.9. The summed E-state index contributed by atoms with van der Waals surface area (Å²) in [6, 6.07) is 15.9. The van der Waals surface area contributed by atoms with Crippen LogP contribution in [0.1, 0.15) is 29.5 Å². The third-order valence-corrected chi connectivity index (χ3v) is 6.42. The summed E-state index contributed by atoms with van der Waals surface area (Å²) < 4.78 is 5.45. The zero-order valence-electron chi connectivity index (χ0n) is 19.4. The van der Waals surface area contributed by atoms with Crippen molar-refractivity contribution in [2.45, 2.75) is 32.9 Å². The quantitative estimate of drug-likeness (QED) is 0.708. The highest BCUT2D eigenvalue weighted by atomic mass is 16.5. The number of hydrogen-bond acceptors (Lipinski definition) is 4. The number of urea groups is 1. The van der Waals surface area contributed by atoms with E-state index in [-0.39, 0.29) is 17.9 Å². The molecule has 2 aliphatic heterocycles. The van der Waals surface area contributed by atoms with Gasteiger partial charge in [-0.25, -0.2) is 4.79 Å². The van der Waals surface area contributed by atoms with Gasteiger partial charge in [-0.1, -0.05) is 36.4 Å². The minimum atomic E-state index is -0.187. The van der Waals surface area contributed by atoms with Gasteiger partial charge in [-0.05, 0) is 48.6 Å². The van der Waals surface area contributed by atoms with Gasteiger partial charge in [-0.15, -0.1) is 0 Å². The van der Waals surface area contributed by atoms with Gasteiger partial charge < -0.3 is 20.3 Å². The van der Waals surface area contributed by atoms with Crippen molar-refractivity contribution in [1.82, 2.24) is 15.1 Å². The van der Waals surface area contributed by atoms with Crippen LogP contribution in [0.5, 0.6) is 0 Å². The minimum Gasteiger partial charge on any atom is -0.379 e. The van der Waals surface area contributed by atoms with Crippen LogP contribution in [0.3, 0.4) is 0 Å². The predicted molar refractivity (Wildman–Crippen MR) is 129 cm³/mol. The van der Waals surface area contributed by atoms with Crippen LogP contribution >= 0.6 is 0 Å². The molecule has 0 radical (unpaired) electrons. The third-order valence-electron chi connectivity index (χ3n) is 6.42. The molecule has 2 fully saturated rings. The minimum absolute atomic E-state index is 0.0178. The second-order valence-corrected chi connectivity index (χ2v) is 8.96.